The number of sulfone groups is 1. The van der Waals surface area contributed by atoms with Crippen molar-refractivity contribution in [2.75, 3.05) is 25.2 Å². The molecule has 0 aliphatic heterocycles. The van der Waals surface area contributed by atoms with Crippen molar-refractivity contribution in [1.82, 2.24) is 0 Å². The van der Waals surface area contributed by atoms with Crippen molar-refractivity contribution in [3.05, 3.63) is 23.8 Å². The predicted octanol–water partition coefficient (Wildman–Crippen LogP) is 1.64. The monoisotopic (exact) mass is 315 g/mol. The summed E-state index contributed by atoms with van der Waals surface area (Å²) in [5.41, 5.74) is 5.97. The van der Waals surface area contributed by atoms with Crippen LogP contribution in [0.1, 0.15) is 30.6 Å². The number of anilines is 1. The second kappa shape index (κ2) is 7.42. The fourth-order valence-corrected chi connectivity index (χ4v) is 3.00. The van der Waals surface area contributed by atoms with Gasteiger partial charge in [-0.2, -0.15) is 0 Å². The van der Waals surface area contributed by atoms with E-state index in [0.29, 0.717) is 13.0 Å². The molecule has 0 heterocycles. The van der Waals surface area contributed by atoms with Crippen molar-refractivity contribution >= 4 is 21.5 Å². The highest BCUT2D eigenvalue weighted by Gasteiger charge is 2.19. The van der Waals surface area contributed by atoms with Crippen LogP contribution in [0.5, 0.6) is 0 Å². The summed E-state index contributed by atoms with van der Waals surface area (Å²) < 4.78 is 34.2. The summed E-state index contributed by atoms with van der Waals surface area (Å²) in [5.74, 6) is -0.680. The van der Waals surface area contributed by atoms with Crippen molar-refractivity contribution in [3.63, 3.8) is 0 Å². The van der Waals surface area contributed by atoms with E-state index in [0.717, 1.165) is 0 Å². The largest absolute Gasteiger partial charge is 0.459 e. The molecule has 1 aromatic rings. The highest BCUT2D eigenvalue weighted by atomic mass is 32.2. The highest BCUT2D eigenvalue weighted by Crippen LogP contribution is 2.21. The maximum atomic E-state index is 12.2. The van der Waals surface area contributed by atoms with Gasteiger partial charge in [0.25, 0.3) is 0 Å². The van der Waals surface area contributed by atoms with Crippen molar-refractivity contribution in [2.24, 2.45) is 0 Å². The van der Waals surface area contributed by atoms with Crippen molar-refractivity contribution in [1.29, 1.82) is 0 Å². The summed E-state index contributed by atoms with van der Waals surface area (Å²) in [5, 5.41) is 0. The number of rotatable bonds is 7. The fourth-order valence-electron chi connectivity index (χ4n) is 1.69. The quantitative estimate of drug-likeness (QED) is 0.467. The Hall–Kier alpha value is -1.60. The highest BCUT2D eigenvalue weighted by molar-refractivity contribution is 7.91. The van der Waals surface area contributed by atoms with Gasteiger partial charge < -0.3 is 15.2 Å². The molecule has 6 nitrogen and oxygen atoms in total. The maximum Gasteiger partial charge on any atom is 0.340 e. The minimum Gasteiger partial charge on any atom is -0.459 e. The molecule has 0 unspecified atom stereocenters. The summed E-state index contributed by atoms with van der Waals surface area (Å²) in [6.45, 7) is 3.77. The lowest BCUT2D eigenvalue weighted by Crippen LogP contribution is -2.15. The van der Waals surface area contributed by atoms with Crippen LogP contribution in [-0.2, 0) is 19.3 Å². The van der Waals surface area contributed by atoms with Gasteiger partial charge in [0.15, 0.2) is 9.84 Å². The standard InChI is InChI=1S/C14H21NO5S/c1-10(2)20-14(16)12-9-11(5-6-13(12)15)21(17,18)8-4-7-19-3/h5-6,9-10H,4,7-8,15H2,1-3H3. The van der Waals surface area contributed by atoms with Gasteiger partial charge in [-0.25, -0.2) is 13.2 Å². The van der Waals surface area contributed by atoms with E-state index < -0.39 is 15.8 Å². The molecular formula is C14H21NO5S. The molecule has 0 radical (unpaired) electrons. The van der Waals surface area contributed by atoms with Crippen LogP contribution in [0.2, 0.25) is 0 Å². The molecule has 7 heteroatoms. The van der Waals surface area contributed by atoms with Gasteiger partial charge in [0.1, 0.15) is 0 Å². The van der Waals surface area contributed by atoms with Crippen LogP contribution in [0.15, 0.2) is 23.1 Å². The average Bonchev–Trinajstić information content (AvgIpc) is 2.38. The van der Waals surface area contributed by atoms with Gasteiger partial charge in [-0.1, -0.05) is 0 Å². The SMILES string of the molecule is COCCCS(=O)(=O)c1ccc(N)c(C(=O)OC(C)C)c1. The Balaban J connectivity index is 3.03. The van der Waals surface area contributed by atoms with Gasteiger partial charge in [0.2, 0.25) is 0 Å². The zero-order valence-electron chi connectivity index (χ0n) is 12.5. The number of carbonyl (C=O) groups excluding carboxylic acids is 1. The van der Waals surface area contributed by atoms with Crippen LogP contribution in [-0.4, -0.2) is 40.0 Å². The average molecular weight is 315 g/mol. The Labute approximate surface area is 125 Å². The molecule has 118 valence electrons. The van der Waals surface area contributed by atoms with Crippen molar-refractivity contribution in [3.8, 4) is 0 Å². The van der Waals surface area contributed by atoms with E-state index in [2.05, 4.69) is 0 Å². The van der Waals surface area contributed by atoms with E-state index in [1.54, 1.807) is 13.8 Å². The number of carbonyl (C=O) groups is 1. The molecule has 0 amide bonds. The second-order valence-electron chi connectivity index (χ2n) is 4.87. The molecule has 21 heavy (non-hydrogen) atoms. The van der Waals surface area contributed by atoms with Gasteiger partial charge in [0.05, 0.1) is 22.3 Å². The Morgan fingerprint density at radius 3 is 2.57 bits per heavy atom. The summed E-state index contributed by atoms with van der Waals surface area (Å²) >= 11 is 0. The lowest BCUT2D eigenvalue weighted by Gasteiger charge is -2.11. The minimum absolute atomic E-state index is 0.0522. The van der Waals surface area contributed by atoms with Crippen LogP contribution < -0.4 is 5.73 Å². The second-order valence-corrected chi connectivity index (χ2v) is 6.98. The number of hydrogen-bond acceptors (Lipinski definition) is 6. The molecule has 1 aromatic carbocycles. The molecule has 0 saturated carbocycles. The number of hydrogen-bond donors (Lipinski definition) is 1. The number of ether oxygens (including phenoxy) is 2. The molecule has 1 rings (SSSR count). The number of benzene rings is 1. The van der Waals surface area contributed by atoms with Gasteiger partial charge >= 0.3 is 5.97 Å². The van der Waals surface area contributed by atoms with Crippen LogP contribution in [0.25, 0.3) is 0 Å². The third kappa shape index (κ3) is 5.02. The maximum absolute atomic E-state index is 12.2. The summed E-state index contributed by atoms with van der Waals surface area (Å²) in [6, 6.07) is 4.06. The van der Waals surface area contributed by atoms with Crippen LogP contribution in [0.3, 0.4) is 0 Å². The van der Waals surface area contributed by atoms with E-state index in [1.165, 1.54) is 25.3 Å². The van der Waals surface area contributed by atoms with Gasteiger partial charge in [-0.05, 0) is 38.5 Å². The van der Waals surface area contributed by atoms with Crippen LogP contribution in [0, 0.1) is 0 Å². The van der Waals surface area contributed by atoms with Gasteiger partial charge in [0, 0.05) is 19.4 Å². The fraction of sp³-hybridized carbons (Fsp3) is 0.500. The molecule has 0 aromatic heterocycles. The predicted molar refractivity (Wildman–Crippen MR) is 80.0 cm³/mol. The van der Waals surface area contributed by atoms with E-state index in [-0.39, 0.29) is 28.0 Å². The van der Waals surface area contributed by atoms with E-state index in [1.807, 2.05) is 0 Å². The Morgan fingerprint density at radius 1 is 1.33 bits per heavy atom. The van der Waals surface area contributed by atoms with Crippen LogP contribution >= 0.6 is 0 Å². The Morgan fingerprint density at radius 2 is 2.00 bits per heavy atom. The summed E-state index contributed by atoms with van der Waals surface area (Å²) in [7, 11) is -1.97. The molecule has 0 fully saturated rings. The molecule has 0 bridgehead atoms. The first kappa shape index (κ1) is 17.5. The van der Waals surface area contributed by atoms with Gasteiger partial charge in [-0.3, -0.25) is 0 Å². The minimum atomic E-state index is -3.48. The molecular weight excluding hydrogens is 294 g/mol. The molecule has 0 saturated heterocycles. The van der Waals surface area contributed by atoms with Crippen molar-refractivity contribution in [2.45, 2.75) is 31.3 Å². The molecule has 2 N–H and O–H groups in total. The molecule has 0 spiro atoms. The van der Waals surface area contributed by atoms with E-state index in [9.17, 15) is 13.2 Å². The van der Waals surface area contributed by atoms with E-state index >= 15 is 0 Å². The van der Waals surface area contributed by atoms with Gasteiger partial charge in [-0.15, -0.1) is 0 Å². The number of methoxy groups -OCH3 is 1. The van der Waals surface area contributed by atoms with E-state index in [4.69, 9.17) is 15.2 Å². The Bertz CT molecular complexity index is 595. The first-order valence-electron chi connectivity index (χ1n) is 6.60. The third-order valence-corrected chi connectivity index (χ3v) is 4.51. The Kier molecular flexibility index (Phi) is 6.17. The summed E-state index contributed by atoms with van der Waals surface area (Å²) in [6.07, 6.45) is 0.0773. The first-order valence-corrected chi connectivity index (χ1v) is 8.25. The third-order valence-electron chi connectivity index (χ3n) is 2.71. The zero-order chi connectivity index (χ0) is 16.0. The molecule has 0 aliphatic rings. The smallest absolute Gasteiger partial charge is 0.340 e. The topological polar surface area (TPSA) is 95.7 Å². The summed E-state index contributed by atoms with van der Waals surface area (Å²) in [4.78, 5) is 12.0. The number of esters is 1. The zero-order valence-corrected chi connectivity index (χ0v) is 13.3. The lowest BCUT2D eigenvalue weighted by molar-refractivity contribution is 0.0379. The van der Waals surface area contributed by atoms with Crippen LogP contribution in [0.4, 0.5) is 5.69 Å². The number of nitrogens with two attached hydrogens (primary N) is 1. The lowest BCUT2D eigenvalue weighted by atomic mass is 10.2. The van der Waals surface area contributed by atoms with Crippen molar-refractivity contribution < 1.29 is 22.7 Å². The molecule has 0 aliphatic carbocycles. The molecule has 0 atom stereocenters. The number of nitrogen functional groups attached to an aromatic ring is 1. The normalized spacial score (nSPS) is 11.6. The first-order chi connectivity index (χ1) is 9.77.